The molecule has 10 heteroatoms. The molecule has 10 nitrogen and oxygen atoms in total. The van der Waals surface area contributed by atoms with E-state index in [2.05, 4.69) is 63.7 Å². The van der Waals surface area contributed by atoms with E-state index in [9.17, 15) is 0 Å². The van der Waals surface area contributed by atoms with Crippen molar-refractivity contribution >= 4 is 0 Å². The zero-order valence-electron chi connectivity index (χ0n) is 26.9. The van der Waals surface area contributed by atoms with Crippen molar-refractivity contribution in [3.05, 3.63) is 0 Å². The Morgan fingerprint density at radius 3 is 1.32 bits per heavy atom. The van der Waals surface area contributed by atoms with Gasteiger partial charge >= 0.3 is 0 Å². The highest BCUT2D eigenvalue weighted by Gasteiger charge is 2.20. The van der Waals surface area contributed by atoms with Gasteiger partial charge in [0.1, 0.15) is 0 Å². The molecule has 2 unspecified atom stereocenters. The smallest absolute Gasteiger partial charge is 0.213 e. The maximum Gasteiger partial charge on any atom is 0.213 e. The molecule has 38 heavy (non-hydrogen) atoms. The molecule has 0 aromatic heterocycles. The fourth-order valence-corrected chi connectivity index (χ4v) is 2.66. The van der Waals surface area contributed by atoms with Gasteiger partial charge in [0.05, 0.1) is 0 Å². The minimum atomic E-state index is -1.31. The number of hydrogen-bond donors (Lipinski definition) is 6. The summed E-state index contributed by atoms with van der Waals surface area (Å²) in [5.74, 6) is 0.581. The molecule has 0 amide bonds. The summed E-state index contributed by atoms with van der Waals surface area (Å²) in [7, 11) is 15.4. The van der Waals surface area contributed by atoms with Crippen molar-refractivity contribution in [2.75, 3.05) is 102 Å². The predicted molar refractivity (Wildman–Crippen MR) is 160 cm³/mol. The van der Waals surface area contributed by atoms with Crippen LogP contribution >= 0.6 is 0 Å². The Morgan fingerprint density at radius 1 is 0.632 bits per heavy atom. The van der Waals surface area contributed by atoms with Crippen molar-refractivity contribution in [2.24, 2.45) is 17.3 Å². The van der Waals surface area contributed by atoms with Gasteiger partial charge in [-0.1, -0.05) is 27.2 Å². The lowest BCUT2D eigenvalue weighted by atomic mass is 9.85. The van der Waals surface area contributed by atoms with Gasteiger partial charge in [0.25, 0.3) is 0 Å². The topological polar surface area (TPSA) is 134 Å². The van der Waals surface area contributed by atoms with Gasteiger partial charge < -0.3 is 45.3 Å². The molecule has 236 valence electrons. The lowest BCUT2D eigenvalue weighted by molar-refractivity contribution is -0.134. The number of aliphatic hydroxyl groups is 6. The molecule has 6 N–H and O–H groups in total. The van der Waals surface area contributed by atoms with E-state index in [0.717, 1.165) is 58.2 Å². The second kappa shape index (κ2) is 29.6. The fourth-order valence-electron chi connectivity index (χ4n) is 2.66. The number of nitrogens with zero attached hydrogens (tertiary/aromatic N) is 4. The molecular weight excluding hydrogens is 488 g/mol. The van der Waals surface area contributed by atoms with Crippen LogP contribution in [0.25, 0.3) is 0 Å². The third-order valence-corrected chi connectivity index (χ3v) is 6.41. The van der Waals surface area contributed by atoms with Crippen molar-refractivity contribution in [1.29, 1.82) is 0 Å². The molecule has 2 atom stereocenters. The summed E-state index contributed by atoms with van der Waals surface area (Å²) >= 11 is 0. The SMILES string of the molecule is CCC(C)(CO)CCN(C)C.CCC(CO)CCN(C)C.CN(C)C(O)O.CN(C)CCCC(CO)CO. The minimum Gasteiger partial charge on any atom is -0.396 e. The summed E-state index contributed by atoms with van der Waals surface area (Å²) in [5.41, 5.74) is 0.129. The van der Waals surface area contributed by atoms with E-state index in [-0.39, 0.29) is 24.5 Å². The van der Waals surface area contributed by atoms with Gasteiger partial charge in [0, 0.05) is 32.3 Å². The molecule has 0 saturated carbocycles. The summed E-state index contributed by atoms with van der Waals surface area (Å²) < 4.78 is 0. The van der Waals surface area contributed by atoms with E-state index in [1.54, 1.807) is 14.1 Å². The van der Waals surface area contributed by atoms with Crippen LogP contribution in [0.3, 0.4) is 0 Å². The van der Waals surface area contributed by atoms with Gasteiger partial charge in [-0.25, -0.2) is 0 Å². The molecule has 0 bridgehead atoms. The van der Waals surface area contributed by atoms with E-state index in [1.807, 2.05) is 14.1 Å². The van der Waals surface area contributed by atoms with E-state index in [1.165, 1.54) is 4.90 Å². The van der Waals surface area contributed by atoms with Crippen molar-refractivity contribution in [3.63, 3.8) is 0 Å². The maximum atomic E-state index is 9.08. The third-order valence-electron chi connectivity index (χ3n) is 6.41. The maximum absolute atomic E-state index is 9.08. The Hall–Kier alpha value is -0.400. The summed E-state index contributed by atoms with van der Waals surface area (Å²) in [5, 5.41) is 51.6. The largest absolute Gasteiger partial charge is 0.396 e. The van der Waals surface area contributed by atoms with Crippen molar-refractivity contribution in [1.82, 2.24) is 19.6 Å². The molecule has 0 spiro atoms. The lowest BCUT2D eigenvalue weighted by Gasteiger charge is -2.26. The molecule has 0 saturated heterocycles. The molecule has 0 aromatic carbocycles. The van der Waals surface area contributed by atoms with Gasteiger partial charge in [-0.05, 0) is 119 Å². The van der Waals surface area contributed by atoms with Crippen LogP contribution in [0.15, 0.2) is 0 Å². The van der Waals surface area contributed by atoms with Crippen LogP contribution in [0.2, 0.25) is 0 Å². The number of hydrogen-bond acceptors (Lipinski definition) is 10. The highest BCUT2D eigenvalue weighted by atomic mass is 16.5. The molecule has 0 aliphatic heterocycles. The van der Waals surface area contributed by atoms with Crippen LogP contribution in [-0.4, -0.2) is 159 Å². The molecule has 0 aliphatic rings. The van der Waals surface area contributed by atoms with E-state index >= 15 is 0 Å². The molecule has 0 aliphatic carbocycles. The minimum absolute atomic E-state index is 0.0787. The monoisotopic (exact) mass is 557 g/mol. The van der Waals surface area contributed by atoms with Gasteiger partial charge in [0.2, 0.25) is 6.41 Å². The van der Waals surface area contributed by atoms with E-state index in [4.69, 9.17) is 30.6 Å². The van der Waals surface area contributed by atoms with E-state index in [0.29, 0.717) is 19.1 Å². The highest BCUT2D eigenvalue weighted by Crippen LogP contribution is 2.24. The third kappa shape index (κ3) is 35.6. The standard InChI is InChI=1S/C9H21NO.C8H19NO2.C8H19NO.C3H9NO2/c1-5-9(2,8-11)6-7-10(3)4;1-9(2)5-3-4-8(6-10)7-11;1-4-8(7-10)5-6-9(2)3;1-4(2)3(5)6/h11H,5-8H2,1-4H3;8,10-11H,3-7H2,1-2H3;8,10H,4-7H2,1-3H3;3,5-6H,1-2H3. The fraction of sp³-hybridized carbons (Fsp3) is 1.00. The number of aliphatic hydroxyl groups excluding tert-OH is 5. The lowest BCUT2D eigenvalue weighted by Crippen LogP contribution is -2.26. The molecule has 0 rings (SSSR count). The van der Waals surface area contributed by atoms with Gasteiger partial charge in [-0.15, -0.1) is 0 Å². The quantitative estimate of drug-likeness (QED) is 0.144. The zero-order valence-corrected chi connectivity index (χ0v) is 26.9. The van der Waals surface area contributed by atoms with Crippen LogP contribution in [-0.2, 0) is 0 Å². The van der Waals surface area contributed by atoms with Gasteiger partial charge in [-0.2, -0.15) is 0 Å². The van der Waals surface area contributed by atoms with Crippen molar-refractivity contribution in [3.8, 4) is 0 Å². The molecule has 0 heterocycles. The van der Waals surface area contributed by atoms with E-state index < -0.39 is 6.41 Å². The van der Waals surface area contributed by atoms with Crippen LogP contribution in [0.1, 0.15) is 59.3 Å². The second-order valence-corrected chi connectivity index (χ2v) is 11.4. The average molecular weight is 557 g/mol. The average Bonchev–Trinajstić information content (AvgIpc) is 2.86. The highest BCUT2D eigenvalue weighted by molar-refractivity contribution is 4.72. The molecular formula is C28H68N4O6. The normalized spacial score (nSPS) is 13.7. The first-order valence-corrected chi connectivity index (χ1v) is 14.0. The first kappa shape index (κ1) is 44.6. The molecule has 0 aromatic rings. The number of rotatable bonds is 17. The summed E-state index contributed by atoms with van der Waals surface area (Å²) in [4.78, 5) is 7.69. The van der Waals surface area contributed by atoms with Crippen molar-refractivity contribution < 1.29 is 30.6 Å². The molecule has 0 radical (unpaired) electrons. The summed E-state index contributed by atoms with van der Waals surface area (Å²) in [6.07, 6.45) is 4.96. The Labute approximate surface area is 235 Å². The Kier molecular flexibility index (Phi) is 34.7. The van der Waals surface area contributed by atoms with Crippen LogP contribution in [0.4, 0.5) is 0 Å². The van der Waals surface area contributed by atoms with Crippen LogP contribution < -0.4 is 0 Å². The van der Waals surface area contributed by atoms with Gasteiger partial charge in [-0.3, -0.25) is 4.90 Å². The van der Waals surface area contributed by atoms with Crippen LogP contribution in [0.5, 0.6) is 0 Å². The van der Waals surface area contributed by atoms with Crippen molar-refractivity contribution in [2.45, 2.75) is 65.7 Å². The predicted octanol–water partition coefficient (Wildman–Crippen LogP) is 1.05. The Morgan fingerprint density at radius 2 is 1.05 bits per heavy atom. The molecule has 0 fully saturated rings. The summed E-state index contributed by atoms with van der Waals surface area (Å²) in [6.45, 7) is 10.4. The summed E-state index contributed by atoms with van der Waals surface area (Å²) in [6, 6.07) is 0. The first-order valence-electron chi connectivity index (χ1n) is 14.0. The Balaban J connectivity index is -0.000000207. The Bertz CT molecular complexity index is 437. The van der Waals surface area contributed by atoms with Gasteiger partial charge in [0.15, 0.2) is 0 Å². The zero-order chi connectivity index (χ0) is 30.7. The van der Waals surface area contributed by atoms with Crippen LogP contribution in [0, 0.1) is 17.3 Å². The first-order chi connectivity index (χ1) is 17.6. The second-order valence-electron chi connectivity index (χ2n) is 11.4.